The molecule has 4 rings (SSSR count). The van der Waals surface area contributed by atoms with Gasteiger partial charge in [0.05, 0.1) is 16.8 Å². The van der Waals surface area contributed by atoms with Crippen molar-refractivity contribution in [1.82, 2.24) is 9.55 Å². The number of aryl methyl sites for hydroxylation is 1. The van der Waals surface area contributed by atoms with E-state index in [1.165, 1.54) is 0 Å². The van der Waals surface area contributed by atoms with Crippen molar-refractivity contribution in [3.63, 3.8) is 0 Å². The van der Waals surface area contributed by atoms with Crippen LogP contribution >= 0.6 is 0 Å². The highest BCUT2D eigenvalue weighted by molar-refractivity contribution is 6.05. The van der Waals surface area contributed by atoms with Gasteiger partial charge in [-0.1, -0.05) is 29.8 Å². The fraction of sp³-hybridized carbons (Fsp3) is 0.348. The third kappa shape index (κ3) is 3.34. The lowest BCUT2D eigenvalue weighted by molar-refractivity contribution is -0.119. The number of carbonyl (C=O) groups excluding carboxylic acids is 1. The summed E-state index contributed by atoms with van der Waals surface area (Å²) >= 11 is 0. The number of rotatable bonds is 6. The van der Waals surface area contributed by atoms with E-state index in [1.807, 2.05) is 44.2 Å². The van der Waals surface area contributed by atoms with Crippen LogP contribution in [0.4, 0.5) is 5.69 Å². The lowest BCUT2D eigenvalue weighted by atomic mass is 9.95. The lowest BCUT2D eigenvalue weighted by Crippen LogP contribution is -2.31. The number of benzene rings is 2. The van der Waals surface area contributed by atoms with Gasteiger partial charge in [0.15, 0.2) is 0 Å². The van der Waals surface area contributed by atoms with E-state index in [2.05, 4.69) is 6.07 Å². The maximum atomic E-state index is 13.2. The van der Waals surface area contributed by atoms with Crippen molar-refractivity contribution in [2.45, 2.75) is 39.2 Å². The fourth-order valence-corrected chi connectivity index (χ4v) is 4.17. The summed E-state index contributed by atoms with van der Waals surface area (Å²) in [6.07, 6.45) is 0.819. The minimum absolute atomic E-state index is 0.00724. The normalized spacial score (nSPS) is 15.9. The summed E-state index contributed by atoms with van der Waals surface area (Å²) in [6.45, 7) is 4.96. The van der Waals surface area contributed by atoms with Crippen molar-refractivity contribution in [1.29, 1.82) is 0 Å². The molecule has 1 amide bonds. The molecule has 0 radical (unpaired) electrons. The van der Waals surface area contributed by atoms with Crippen molar-refractivity contribution in [3.8, 4) is 0 Å². The van der Waals surface area contributed by atoms with Crippen molar-refractivity contribution in [3.05, 3.63) is 69.8 Å². The van der Waals surface area contributed by atoms with Gasteiger partial charge < -0.3 is 10.0 Å². The summed E-state index contributed by atoms with van der Waals surface area (Å²) in [5, 5.41) is 9.83. The van der Waals surface area contributed by atoms with E-state index in [9.17, 15) is 14.7 Å². The Kier molecular flexibility index (Phi) is 5.20. The summed E-state index contributed by atoms with van der Waals surface area (Å²) in [5.74, 6) is 0.272. The van der Waals surface area contributed by atoms with Gasteiger partial charge >= 0.3 is 0 Å². The number of amides is 1. The Morgan fingerprint density at radius 3 is 2.69 bits per heavy atom. The molecule has 0 fully saturated rings. The number of fused-ring (bicyclic) bond motifs is 2. The van der Waals surface area contributed by atoms with Crippen LogP contribution < -0.4 is 10.5 Å². The average Bonchev–Trinajstić information content (AvgIpc) is 2.98. The molecule has 150 valence electrons. The number of hydrogen-bond donors (Lipinski definition) is 1. The summed E-state index contributed by atoms with van der Waals surface area (Å²) < 4.78 is 1.62. The molecule has 0 spiro atoms. The minimum Gasteiger partial charge on any atom is -0.396 e. The zero-order valence-corrected chi connectivity index (χ0v) is 16.8. The molecule has 1 aliphatic rings. The van der Waals surface area contributed by atoms with E-state index in [4.69, 9.17) is 4.98 Å². The van der Waals surface area contributed by atoms with Gasteiger partial charge in [0.25, 0.3) is 5.56 Å². The predicted molar refractivity (Wildman–Crippen MR) is 113 cm³/mol. The van der Waals surface area contributed by atoms with Gasteiger partial charge in [0, 0.05) is 31.8 Å². The number of anilines is 1. The number of carbonyl (C=O) groups is 1. The van der Waals surface area contributed by atoms with E-state index < -0.39 is 0 Å². The first-order valence-electron chi connectivity index (χ1n) is 10.1. The quantitative estimate of drug-likeness (QED) is 0.701. The number of aliphatic hydroxyl groups is 1. The maximum Gasteiger partial charge on any atom is 0.261 e. The van der Waals surface area contributed by atoms with Crippen LogP contribution in [0.5, 0.6) is 0 Å². The van der Waals surface area contributed by atoms with E-state index in [-0.39, 0.29) is 24.0 Å². The van der Waals surface area contributed by atoms with Gasteiger partial charge in [-0.05, 0) is 44.0 Å². The molecular weight excluding hydrogens is 366 g/mol. The molecule has 1 aliphatic heterocycles. The molecule has 6 nitrogen and oxygen atoms in total. The van der Waals surface area contributed by atoms with Crippen molar-refractivity contribution < 1.29 is 9.90 Å². The Balaban J connectivity index is 1.82. The van der Waals surface area contributed by atoms with Crippen LogP contribution in [-0.2, 0) is 17.8 Å². The summed E-state index contributed by atoms with van der Waals surface area (Å²) in [4.78, 5) is 32.8. The molecule has 0 bridgehead atoms. The molecule has 2 aromatic carbocycles. The fourth-order valence-electron chi connectivity index (χ4n) is 4.17. The van der Waals surface area contributed by atoms with Gasteiger partial charge in [-0.25, -0.2) is 4.98 Å². The van der Waals surface area contributed by atoms with E-state index >= 15 is 0 Å². The first-order valence-corrected chi connectivity index (χ1v) is 10.1. The Morgan fingerprint density at radius 1 is 1.14 bits per heavy atom. The van der Waals surface area contributed by atoms with Crippen LogP contribution in [0.2, 0.25) is 0 Å². The first kappa shape index (κ1) is 19.3. The topological polar surface area (TPSA) is 75.4 Å². The molecule has 0 unspecified atom stereocenters. The molecule has 0 aliphatic carbocycles. The van der Waals surface area contributed by atoms with Crippen LogP contribution in [0.3, 0.4) is 0 Å². The lowest BCUT2D eigenvalue weighted by Gasteiger charge is -2.17. The highest BCUT2D eigenvalue weighted by atomic mass is 16.3. The highest BCUT2D eigenvalue weighted by Crippen LogP contribution is 2.39. The third-order valence-corrected chi connectivity index (χ3v) is 5.60. The molecule has 1 aromatic heterocycles. The molecule has 2 heterocycles. The molecule has 1 N–H and O–H groups in total. The van der Waals surface area contributed by atoms with Gasteiger partial charge in [-0.2, -0.15) is 0 Å². The Morgan fingerprint density at radius 2 is 1.93 bits per heavy atom. The van der Waals surface area contributed by atoms with Crippen molar-refractivity contribution in [2.75, 3.05) is 18.1 Å². The predicted octanol–water partition coefficient (Wildman–Crippen LogP) is 2.78. The maximum absolute atomic E-state index is 13.2. The van der Waals surface area contributed by atoms with E-state index in [1.54, 1.807) is 15.5 Å². The second-order valence-corrected chi connectivity index (χ2v) is 7.48. The molecule has 6 heteroatoms. The zero-order valence-electron chi connectivity index (χ0n) is 16.8. The van der Waals surface area contributed by atoms with Gasteiger partial charge in [-0.3, -0.25) is 14.2 Å². The SMILES string of the molecule is CCN1C(=O)[C@H](Cc2nc3ccccc3c(=O)n2CCCO)c2cc(C)ccc21. The molecule has 1 atom stereocenters. The van der Waals surface area contributed by atoms with Crippen LogP contribution in [0, 0.1) is 6.92 Å². The van der Waals surface area contributed by atoms with Gasteiger partial charge in [0.2, 0.25) is 5.91 Å². The third-order valence-electron chi connectivity index (χ3n) is 5.60. The first-order chi connectivity index (χ1) is 14.0. The molecular formula is C23H25N3O3. The summed E-state index contributed by atoms with van der Waals surface area (Å²) in [7, 11) is 0. The number of aromatic nitrogens is 2. The van der Waals surface area contributed by atoms with E-state index in [0.717, 1.165) is 16.8 Å². The number of likely N-dealkylation sites (N-methyl/N-ethyl adjacent to an activating group) is 1. The number of aliphatic hydroxyl groups excluding tert-OH is 1. The monoisotopic (exact) mass is 391 g/mol. The highest BCUT2D eigenvalue weighted by Gasteiger charge is 2.37. The summed E-state index contributed by atoms with van der Waals surface area (Å²) in [6, 6.07) is 13.3. The molecule has 0 saturated carbocycles. The van der Waals surface area contributed by atoms with Crippen LogP contribution in [0.15, 0.2) is 47.3 Å². The minimum atomic E-state index is -0.363. The van der Waals surface area contributed by atoms with Crippen molar-refractivity contribution in [2.24, 2.45) is 0 Å². The van der Waals surface area contributed by atoms with Crippen molar-refractivity contribution >= 4 is 22.5 Å². The summed E-state index contributed by atoms with van der Waals surface area (Å²) in [5.41, 5.74) is 3.55. The average molecular weight is 391 g/mol. The number of para-hydroxylation sites is 1. The van der Waals surface area contributed by atoms with Crippen LogP contribution in [-0.4, -0.2) is 33.7 Å². The molecule has 3 aromatic rings. The second-order valence-electron chi connectivity index (χ2n) is 7.48. The van der Waals surface area contributed by atoms with Crippen LogP contribution in [0.1, 0.15) is 36.2 Å². The second kappa shape index (κ2) is 7.79. The van der Waals surface area contributed by atoms with Crippen LogP contribution in [0.25, 0.3) is 10.9 Å². The standard InChI is InChI=1S/C23H25N3O3/c1-3-25-20-10-9-15(2)13-17(20)18(23(25)29)14-21-24-19-8-5-4-7-16(19)22(28)26(21)11-6-12-27/h4-5,7-10,13,18,27H,3,6,11-12,14H2,1-2H3/t18-/m1/s1. The largest absolute Gasteiger partial charge is 0.396 e. The Labute approximate surface area is 169 Å². The van der Waals surface area contributed by atoms with E-state index in [0.29, 0.717) is 42.7 Å². The zero-order chi connectivity index (χ0) is 20.5. The molecule has 29 heavy (non-hydrogen) atoms. The number of nitrogens with zero attached hydrogens (tertiary/aromatic N) is 3. The smallest absolute Gasteiger partial charge is 0.261 e. The Bertz CT molecular complexity index is 1140. The Hall–Kier alpha value is -2.99. The van der Waals surface area contributed by atoms with Gasteiger partial charge in [-0.15, -0.1) is 0 Å². The molecule has 0 saturated heterocycles. The number of hydrogen-bond acceptors (Lipinski definition) is 4. The van der Waals surface area contributed by atoms with Gasteiger partial charge in [0.1, 0.15) is 5.82 Å².